The van der Waals surface area contributed by atoms with Gasteiger partial charge in [-0.2, -0.15) is 0 Å². The fourth-order valence-electron chi connectivity index (χ4n) is 2.27. The van der Waals surface area contributed by atoms with E-state index in [1.807, 2.05) is 12.3 Å². The van der Waals surface area contributed by atoms with Gasteiger partial charge in [0.05, 0.1) is 18.1 Å². The van der Waals surface area contributed by atoms with E-state index in [-0.39, 0.29) is 16.3 Å². The van der Waals surface area contributed by atoms with Gasteiger partial charge in [0.1, 0.15) is 10.6 Å². The third-order valence-corrected chi connectivity index (χ3v) is 7.04. The highest BCUT2D eigenvalue weighted by molar-refractivity contribution is 8.01. The smallest absolute Gasteiger partial charge is 0.273 e. The molecule has 0 radical (unpaired) electrons. The quantitative estimate of drug-likeness (QED) is 0.433. The molecule has 11 heteroatoms. The van der Waals surface area contributed by atoms with Gasteiger partial charge in [0.2, 0.25) is 0 Å². The second-order valence-corrected chi connectivity index (χ2v) is 9.41. The van der Waals surface area contributed by atoms with Crippen molar-refractivity contribution in [3.05, 3.63) is 63.7 Å². The summed E-state index contributed by atoms with van der Waals surface area (Å²) in [6.07, 6.45) is 0. The lowest BCUT2D eigenvalue weighted by Gasteiger charge is -2.11. The van der Waals surface area contributed by atoms with Crippen LogP contribution < -0.4 is 9.46 Å². The Morgan fingerprint density at radius 1 is 1.21 bits per heavy atom. The summed E-state index contributed by atoms with van der Waals surface area (Å²) in [5, 5.41) is 12.8. The zero-order chi connectivity index (χ0) is 20.3. The highest BCUT2D eigenvalue weighted by Gasteiger charge is 2.22. The van der Waals surface area contributed by atoms with E-state index in [0.717, 1.165) is 33.1 Å². The number of benzene rings is 2. The number of non-ortho nitro benzene ring substituents is 1. The number of methoxy groups -OCH3 is 1. The van der Waals surface area contributed by atoms with Gasteiger partial charge in [-0.05, 0) is 37.3 Å². The zero-order valence-corrected chi connectivity index (χ0v) is 17.2. The Labute approximate surface area is 169 Å². The first-order valence-electron chi connectivity index (χ1n) is 7.84. The minimum absolute atomic E-state index is 0.104. The molecule has 8 nitrogen and oxygen atoms in total. The van der Waals surface area contributed by atoms with Gasteiger partial charge >= 0.3 is 0 Å². The molecule has 0 aliphatic carbocycles. The molecular formula is C17H15N3O5S3. The standard InChI is InChI=1S/C17H15N3O5S3/c1-11-10-26-17(18-11)27-14-6-3-12(4-7-14)19-28(23,24)16-8-5-13(20(21)22)9-15(16)25-2/h3-10,19H,1-2H3. The number of thiazole rings is 1. The van der Waals surface area contributed by atoms with Crippen molar-refractivity contribution in [1.82, 2.24) is 4.98 Å². The number of nitro benzene ring substituents is 1. The fraction of sp³-hybridized carbons (Fsp3) is 0.118. The molecular weight excluding hydrogens is 422 g/mol. The molecule has 0 aliphatic rings. The maximum absolute atomic E-state index is 12.7. The minimum Gasteiger partial charge on any atom is -0.495 e. The van der Waals surface area contributed by atoms with Gasteiger partial charge in [0, 0.05) is 27.7 Å². The molecule has 0 spiro atoms. The highest BCUT2D eigenvalue weighted by Crippen LogP contribution is 2.32. The summed E-state index contributed by atoms with van der Waals surface area (Å²) in [5.41, 5.74) is 1.06. The summed E-state index contributed by atoms with van der Waals surface area (Å²) in [5.74, 6) is -0.104. The Hall–Kier alpha value is -2.63. The van der Waals surface area contributed by atoms with E-state index in [0.29, 0.717) is 5.69 Å². The van der Waals surface area contributed by atoms with Gasteiger partial charge in [-0.1, -0.05) is 11.8 Å². The van der Waals surface area contributed by atoms with Crippen molar-refractivity contribution < 1.29 is 18.1 Å². The van der Waals surface area contributed by atoms with E-state index in [1.54, 1.807) is 35.6 Å². The number of nitrogens with one attached hydrogen (secondary N) is 1. The molecule has 1 heterocycles. The first-order valence-corrected chi connectivity index (χ1v) is 11.0. The summed E-state index contributed by atoms with van der Waals surface area (Å²) in [6.45, 7) is 1.92. The summed E-state index contributed by atoms with van der Waals surface area (Å²) < 4.78 is 33.7. The third kappa shape index (κ3) is 4.61. The van der Waals surface area contributed by atoms with Crippen LogP contribution in [0.4, 0.5) is 11.4 Å². The lowest BCUT2D eigenvalue weighted by atomic mass is 10.3. The Balaban J connectivity index is 1.79. The molecule has 3 rings (SSSR count). The van der Waals surface area contributed by atoms with Crippen LogP contribution >= 0.6 is 23.1 Å². The molecule has 146 valence electrons. The molecule has 2 aromatic carbocycles. The highest BCUT2D eigenvalue weighted by atomic mass is 32.2. The number of aryl methyl sites for hydroxylation is 1. The maximum Gasteiger partial charge on any atom is 0.273 e. The van der Waals surface area contributed by atoms with E-state index in [9.17, 15) is 18.5 Å². The van der Waals surface area contributed by atoms with Gasteiger partial charge in [0.25, 0.3) is 15.7 Å². The van der Waals surface area contributed by atoms with E-state index >= 15 is 0 Å². The SMILES string of the molecule is COc1cc([N+](=O)[O-])ccc1S(=O)(=O)Nc1ccc(Sc2nc(C)cs2)cc1. The lowest BCUT2D eigenvalue weighted by molar-refractivity contribution is -0.385. The van der Waals surface area contributed by atoms with Crippen molar-refractivity contribution in [3.8, 4) is 5.75 Å². The molecule has 28 heavy (non-hydrogen) atoms. The summed E-state index contributed by atoms with van der Waals surface area (Å²) in [7, 11) is -2.73. The van der Waals surface area contributed by atoms with Crippen molar-refractivity contribution >= 4 is 44.5 Å². The maximum atomic E-state index is 12.7. The molecule has 1 N–H and O–H groups in total. The van der Waals surface area contributed by atoms with Gasteiger partial charge in [-0.15, -0.1) is 11.3 Å². The van der Waals surface area contributed by atoms with Crippen LogP contribution in [-0.4, -0.2) is 25.4 Å². The number of sulfonamides is 1. The monoisotopic (exact) mass is 437 g/mol. The molecule has 0 aliphatic heterocycles. The molecule has 0 saturated heterocycles. The second-order valence-electron chi connectivity index (χ2n) is 5.58. The molecule has 1 aromatic heterocycles. The minimum atomic E-state index is -3.98. The van der Waals surface area contributed by atoms with Gasteiger partial charge in [-0.3, -0.25) is 14.8 Å². The van der Waals surface area contributed by atoms with Crippen molar-refractivity contribution in [3.63, 3.8) is 0 Å². The van der Waals surface area contributed by atoms with Crippen molar-refractivity contribution in [2.24, 2.45) is 0 Å². The van der Waals surface area contributed by atoms with Crippen LogP contribution in [0.5, 0.6) is 5.75 Å². The molecule has 0 fully saturated rings. The lowest BCUT2D eigenvalue weighted by Crippen LogP contribution is -2.14. The first-order chi connectivity index (χ1) is 13.3. The summed E-state index contributed by atoms with van der Waals surface area (Å²) in [4.78, 5) is 15.4. The molecule has 3 aromatic rings. The van der Waals surface area contributed by atoms with Gasteiger partial charge < -0.3 is 4.74 Å². The van der Waals surface area contributed by atoms with E-state index in [4.69, 9.17) is 4.74 Å². The Bertz CT molecular complexity index is 1110. The fourth-order valence-corrected chi connectivity index (χ4v) is 5.29. The Kier molecular flexibility index (Phi) is 5.87. The van der Waals surface area contributed by atoms with Gasteiger partial charge in [-0.25, -0.2) is 13.4 Å². The topological polar surface area (TPSA) is 111 Å². The average Bonchev–Trinajstić information content (AvgIpc) is 3.07. The summed E-state index contributed by atoms with van der Waals surface area (Å²) in [6, 6.07) is 10.2. The molecule has 0 bridgehead atoms. The zero-order valence-electron chi connectivity index (χ0n) is 14.8. The number of ether oxygens (including phenoxy) is 1. The van der Waals surface area contributed by atoms with Crippen LogP contribution in [0, 0.1) is 17.0 Å². The van der Waals surface area contributed by atoms with Crippen molar-refractivity contribution in [1.29, 1.82) is 0 Å². The van der Waals surface area contributed by atoms with E-state index < -0.39 is 14.9 Å². The largest absolute Gasteiger partial charge is 0.495 e. The molecule has 0 amide bonds. The van der Waals surface area contributed by atoms with E-state index in [2.05, 4.69) is 9.71 Å². The predicted molar refractivity (Wildman–Crippen MR) is 108 cm³/mol. The molecule has 0 saturated carbocycles. The number of anilines is 1. The van der Waals surface area contributed by atoms with E-state index in [1.165, 1.54) is 18.9 Å². The predicted octanol–water partition coefficient (Wildman–Crippen LogP) is 4.32. The number of rotatable bonds is 7. The van der Waals surface area contributed by atoms with Crippen LogP contribution in [-0.2, 0) is 10.0 Å². The average molecular weight is 438 g/mol. The normalized spacial score (nSPS) is 11.2. The number of hydrogen-bond acceptors (Lipinski definition) is 8. The van der Waals surface area contributed by atoms with Crippen molar-refractivity contribution in [2.75, 3.05) is 11.8 Å². The van der Waals surface area contributed by atoms with Gasteiger partial charge in [0.15, 0.2) is 4.34 Å². The second kappa shape index (κ2) is 8.17. The van der Waals surface area contributed by atoms with Crippen LogP contribution in [0.1, 0.15) is 5.69 Å². The number of aromatic nitrogens is 1. The van der Waals surface area contributed by atoms with Crippen LogP contribution in [0.2, 0.25) is 0 Å². The Morgan fingerprint density at radius 2 is 1.93 bits per heavy atom. The number of hydrogen-bond donors (Lipinski definition) is 1. The van der Waals surface area contributed by atoms with Crippen LogP contribution in [0.25, 0.3) is 0 Å². The summed E-state index contributed by atoms with van der Waals surface area (Å²) >= 11 is 3.03. The van der Waals surface area contributed by atoms with Crippen LogP contribution in [0.15, 0.2) is 62.0 Å². The first kappa shape index (κ1) is 20.1. The number of nitro groups is 1. The van der Waals surface area contributed by atoms with Crippen LogP contribution in [0.3, 0.4) is 0 Å². The molecule has 0 atom stereocenters. The molecule has 0 unspecified atom stereocenters. The number of nitrogens with zero attached hydrogens (tertiary/aromatic N) is 2. The van der Waals surface area contributed by atoms with Crippen molar-refractivity contribution in [2.45, 2.75) is 21.1 Å². The Morgan fingerprint density at radius 3 is 2.50 bits per heavy atom. The third-order valence-electron chi connectivity index (χ3n) is 3.56.